The molecule has 2 heterocycles. The number of allylic oxidation sites excluding steroid dienone is 1. The third-order valence-corrected chi connectivity index (χ3v) is 5.68. The van der Waals surface area contributed by atoms with Gasteiger partial charge in [0.05, 0.1) is 11.0 Å². The van der Waals surface area contributed by atoms with Crippen LogP contribution in [0.25, 0.3) is 28.5 Å². The minimum absolute atomic E-state index is 0.0274. The second-order valence-electron chi connectivity index (χ2n) is 7.82. The number of likely N-dealkylation sites (tertiary alicyclic amines) is 1. The summed E-state index contributed by atoms with van der Waals surface area (Å²) in [4.78, 5) is 18.4. The molecule has 0 bridgehead atoms. The minimum atomic E-state index is -0.893. The van der Waals surface area contributed by atoms with Crippen molar-refractivity contribution in [2.75, 3.05) is 19.6 Å². The first-order chi connectivity index (χ1) is 14.5. The van der Waals surface area contributed by atoms with Gasteiger partial charge >= 0.3 is 0 Å². The number of imidazole rings is 1. The highest BCUT2D eigenvalue weighted by Gasteiger charge is 2.26. The Hall–Kier alpha value is -2.86. The first-order valence-corrected chi connectivity index (χ1v) is 10.3. The van der Waals surface area contributed by atoms with E-state index in [1.165, 1.54) is 25.1 Å². The number of halogens is 2. The molecule has 3 aromatic rings. The molecule has 2 aromatic carbocycles. The number of nitrogens with zero attached hydrogens (tertiary/aromatic N) is 3. The van der Waals surface area contributed by atoms with E-state index in [-0.39, 0.29) is 11.8 Å². The summed E-state index contributed by atoms with van der Waals surface area (Å²) >= 11 is 0. The van der Waals surface area contributed by atoms with Gasteiger partial charge in [-0.25, -0.2) is 13.8 Å². The van der Waals surface area contributed by atoms with Crippen molar-refractivity contribution in [3.8, 4) is 11.4 Å². The van der Waals surface area contributed by atoms with Crippen molar-refractivity contribution in [3.63, 3.8) is 0 Å². The molecule has 0 spiro atoms. The molecule has 0 amide bonds. The molecule has 30 heavy (non-hydrogen) atoms. The summed E-state index contributed by atoms with van der Waals surface area (Å²) < 4.78 is 30.1. The van der Waals surface area contributed by atoms with Gasteiger partial charge in [0.1, 0.15) is 5.82 Å². The van der Waals surface area contributed by atoms with E-state index in [9.17, 15) is 13.6 Å². The van der Waals surface area contributed by atoms with Crippen LogP contribution in [0.5, 0.6) is 0 Å². The van der Waals surface area contributed by atoms with Gasteiger partial charge in [0.15, 0.2) is 17.4 Å². The van der Waals surface area contributed by atoms with Crippen LogP contribution < -0.4 is 0 Å². The first-order valence-electron chi connectivity index (χ1n) is 10.3. The normalized spacial score (nSPS) is 17.8. The number of piperidine rings is 1. The third kappa shape index (κ3) is 4.05. The number of hydrogen-bond acceptors (Lipinski definition) is 3. The Kier molecular flexibility index (Phi) is 5.77. The highest BCUT2D eigenvalue weighted by atomic mass is 19.2. The van der Waals surface area contributed by atoms with Crippen LogP contribution in [0.15, 0.2) is 42.5 Å². The fraction of sp³-hybridized carbons (Fsp3) is 0.333. The van der Waals surface area contributed by atoms with E-state index in [1.807, 2.05) is 24.3 Å². The van der Waals surface area contributed by atoms with Crippen LogP contribution in [0.4, 0.5) is 8.78 Å². The molecule has 1 fully saturated rings. The number of hydrogen-bond donors (Lipinski definition) is 0. The Morgan fingerprint density at radius 3 is 2.80 bits per heavy atom. The zero-order valence-corrected chi connectivity index (χ0v) is 17.2. The SMILES string of the molecule is CCN1CCCC(n2c(-c3cccc(/C=C/C(C)=O)c3)nc3cc(F)c(F)cc32)C1. The van der Waals surface area contributed by atoms with Gasteiger partial charge in [-0.05, 0) is 50.6 Å². The van der Waals surface area contributed by atoms with Crippen molar-refractivity contribution in [1.29, 1.82) is 0 Å². The molecular weight excluding hydrogens is 384 g/mol. The van der Waals surface area contributed by atoms with Crippen LogP contribution in [0.1, 0.15) is 38.3 Å². The Labute approximate surface area is 174 Å². The van der Waals surface area contributed by atoms with E-state index in [1.54, 1.807) is 6.08 Å². The maximum absolute atomic E-state index is 14.1. The molecule has 1 atom stereocenters. The van der Waals surface area contributed by atoms with Crippen molar-refractivity contribution in [2.24, 2.45) is 0 Å². The van der Waals surface area contributed by atoms with E-state index >= 15 is 0 Å². The molecule has 1 aromatic heterocycles. The number of rotatable bonds is 5. The molecule has 4 rings (SSSR count). The van der Waals surface area contributed by atoms with E-state index in [2.05, 4.69) is 16.4 Å². The van der Waals surface area contributed by atoms with Crippen LogP contribution in [0, 0.1) is 11.6 Å². The number of fused-ring (bicyclic) bond motifs is 1. The molecule has 156 valence electrons. The van der Waals surface area contributed by atoms with E-state index < -0.39 is 11.6 Å². The van der Waals surface area contributed by atoms with Crippen LogP contribution >= 0.6 is 0 Å². The Morgan fingerprint density at radius 2 is 2.03 bits per heavy atom. The Bertz CT molecular complexity index is 1120. The van der Waals surface area contributed by atoms with Gasteiger partial charge in [-0.2, -0.15) is 0 Å². The zero-order chi connectivity index (χ0) is 21.3. The van der Waals surface area contributed by atoms with Gasteiger partial charge in [0.2, 0.25) is 0 Å². The second-order valence-corrected chi connectivity index (χ2v) is 7.82. The number of carbonyl (C=O) groups is 1. The molecule has 0 aliphatic carbocycles. The maximum atomic E-state index is 14.1. The van der Waals surface area contributed by atoms with E-state index in [4.69, 9.17) is 4.98 Å². The average molecular weight is 409 g/mol. The Balaban J connectivity index is 1.87. The van der Waals surface area contributed by atoms with Crippen LogP contribution in [-0.2, 0) is 4.79 Å². The van der Waals surface area contributed by atoms with Crippen LogP contribution in [0.3, 0.4) is 0 Å². The second kappa shape index (κ2) is 8.48. The lowest BCUT2D eigenvalue weighted by atomic mass is 10.0. The lowest BCUT2D eigenvalue weighted by molar-refractivity contribution is -0.112. The summed E-state index contributed by atoms with van der Waals surface area (Å²) in [6, 6.07) is 10.3. The highest BCUT2D eigenvalue weighted by molar-refractivity contribution is 5.91. The lowest BCUT2D eigenvalue weighted by Gasteiger charge is -2.33. The summed E-state index contributed by atoms with van der Waals surface area (Å²) in [5, 5.41) is 0. The number of aromatic nitrogens is 2. The average Bonchev–Trinajstić information content (AvgIpc) is 3.11. The molecule has 4 nitrogen and oxygen atoms in total. The van der Waals surface area contributed by atoms with Crippen molar-refractivity contribution >= 4 is 22.9 Å². The summed E-state index contributed by atoms with van der Waals surface area (Å²) in [6.45, 7) is 6.48. The number of likely N-dealkylation sites (N-methyl/N-ethyl adjacent to an activating group) is 1. The molecule has 1 aliphatic heterocycles. The van der Waals surface area contributed by atoms with Gasteiger partial charge in [0.25, 0.3) is 0 Å². The predicted octanol–water partition coefficient (Wildman–Crippen LogP) is 5.24. The summed E-state index contributed by atoms with van der Waals surface area (Å²) in [6.07, 6.45) is 5.28. The lowest BCUT2D eigenvalue weighted by Crippen LogP contribution is -2.36. The van der Waals surface area contributed by atoms with Gasteiger partial charge < -0.3 is 9.47 Å². The molecule has 6 heteroatoms. The van der Waals surface area contributed by atoms with Crippen molar-refractivity contribution in [1.82, 2.24) is 14.5 Å². The van der Waals surface area contributed by atoms with Crippen molar-refractivity contribution in [3.05, 3.63) is 59.7 Å². The van der Waals surface area contributed by atoms with Gasteiger partial charge in [-0.15, -0.1) is 0 Å². The third-order valence-electron chi connectivity index (χ3n) is 5.68. The fourth-order valence-corrected chi connectivity index (χ4v) is 4.19. The standard InChI is InChI=1S/C24H25F2N3O/c1-3-28-11-5-8-19(15-28)29-23-14-21(26)20(25)13-22(23)27-24(29)18-7-4-6-17(12-18)10-9-16(2)30/h4,6-7,9-10,12-14,19H,3,5,8,11,15H2,1-2H3/b10-9+. The van der Waals surface area contributed by atoms with Gasteiger partial charge in [0, 0.05) is 30.3 Å². The molecular formula is C24H25F2N3O. The molecule has 0 N–H and O–H groups in total. The van der Waals surface area contributed by atoms with E-state index in [0.717, 1.165) is 43.6 Å². The molecule has 0 radical (unpaired) electrons. The predicted molar refractivity (Wildman–Crippen MR) is 115 cm³/mol. The van der Waals surface area contributed by atoms with Crippen LogP contribution in [-0.4, -0.2) is 39.9 Å². The summed E-state index contributed by atoms with van der Waals surface area (Å²) in [5.41, 5.74) is 2.78. The molecule has 1 unspecified atom stereocenters. The smallest absolute Gasteiger partial charge is 0.161 e. The minimum Gasteiger partial charge on any atom is -0.319 e. The summed E-state index contributed by atoms with van der Waals surface area (Å²) in [7, 11) is 0. The molecule has 0 saturated carbocycles. The molecule has 1 aliphatic rings. The monoisotopic (exact) mass is 409 g/mol. The van der Waals surface area contributed by atoms with E-state index in [0.29, 0.717) is 16.9 Å². The largest absolute Gasteiger partial charge is 0.319 e. The van der Waals surface area contributed by atoms with Gasteiger partial charge in [-0.1, -0.05) is 31.2 Å². The van der Waals surface area contributed by atoms with Crippen LogP contribution in [0.2, 0.25) is 0 Å². The first kappa shape index (κ1) is 20.4. The fourth-order valence-electron chi connectivity index (χ4n) is 4.19. The Morgan fingerprint density at radius 1 is 1.23 bits per heavy atom. The number of benzene rings is 2. The quantitative estimate of drug-likeness (QED) is 0.541. The number of ketones is 1. The van der Waals surface area contributed by atoms with Gasteiger partial charge in [-0.3, -0.25) is 4.79 Å². The maximum Gasteiger partial charge on any atom is 0.161 e. The topological polar surface area (TPSA) is 38.1 Å². The number of carbonyl (C=O) groups excluding carboxylic acids is 1. The molecule has 1 saturated heterocycles. The summed E-state index contributed by atoms with van der Waals surface area (Å²) in [5.74, 6) is -1.09. The zero-order valence-electron chi connectivity index (χ0n) is 17.2. The highest BCUT2D eigenvalue weighted by Crippen LogP contribution is 2.34. The van der Waals surface area contributed by atoms with Crippen molar-refractivity contribution < 1.29 is 13.6 Å². The van der Waals surface area contributed by atoms with Crippen molar-refractivity contribution in [2.45, 2.75) is 32.7 Å².